The highest BCUT2D eigenvalue weighted by atomic mass is 19.4. The number of hydrogen-bond donors (Lipinski definition) is 1. The van der Waals surface area contributed by atoms with Crippen LogP contribution >= 0.6 is 0 Å². The van der Waals surface area contributed by atoms with Crippen LogP contribution in [0.2, 0.25) is 0 Å². The molecule has 4 heteroatoms. The van der Waals surface area contributed by atoms with Crippen LogP contribution in [0.4, 0.5) is 13.2 Å². The van der Waals surface area contributed by atoms with E-state index < -0.39 is 18.3 Å². The summed E-state index contributed by atoms with van der Waals surface area (Å²) in [5, 5.41) is 0. The molecule has 15 heavy (non-hydrogen) atoms. The second-order valence-electron chi connectivity index (χ2n) is 3.28. The Bertz CT molecular complexity index is 349. The minimum Gasteiger partial charge on any atom is -0.326 e. The standard InChI is InChI=1S/C11H12F3N/c1-8-2-4-9(5-3-8)6-10(7-15)11(12,13)14/h2-6H,7,15H2,1H3/b10-6+. The van der Waals surface area contributed by atoms with E-state index in [0.29, 0.717) is 5.56 Å². The van der Waals surface area contributed by atoms with Crippen LogP contribution in [0, 0.1) is 6.92 Å². The van der Waals surface area contributed by atoms with Crippen LogP contribution in [0.5, 0.6) is 0 Å². The maximum Gasteiger partial charge on any atom is 0.413 e. The average molecular weight is 215 g/mol. The van der Waals surface area contributed by atoms with Crippen molar-refractivity contribution in [1.82, 2.24) is 0 Å². The van der Waals surface area contributed by atoms with Crippen molar-refractivity contribution in [3.05, 3.63) is 41.0 Å². The van der Waals surface area contributed by atoms with Crippen LogP contribution in [-0.4, -0.2) is 12.7 Å². The van der Waals surface area contributed by atoms with Crippen LogP contribution in [0.15, 0.2) is 29.8 Å². The smallest absolute Gasteiger partial charge is 0.326 e. The Labute approximate surface area is 86.4 Å². The molecule has 1 rings (SSSR count). The van der Waals surface area contributed by atoms with Gasteiger partial charge in [-0.15, -0.1) is 0 Å². The molecule has 0 bridgehead atoms. The van der Waals surface area contributed by atoms with E-state index in [2.05, 4.69) is 0 Å². The molecular weight excluding hydrogens is 203 g/mol. The first kappa shape index (κ1) is 11.8. The van der Waals surface area contributed by atoms with Crippen LogP contribution in [0.1, 0.15) is 11.1 Å². The van der Waals surface area contributed by atoms with Gasteiger partial charge in [0.15, 0.2) is 0 Å². The summed E-state index contributed by atoms with van der Waals surface area (Å²) in [6.07, 6.45) is -3.28. The third-order valence-corrected chi connectivity index (χ3v) is 2.00. The van der Waals surface area contributed by atoms with Gasteiger partial charge in [-0.25, -0.2) is 0 Å². The summed E-state index contributed by atoms with van der Waals surface area (Å²) in [6, 6.07) is 6.79. The van der Waals surface area contributed by atoms with E-state index in [9.17, 15) is 13.2 Å². The van der Waals surface area contributed by atoms with Gasteiger partial charge in [0.1, 0.15) is 0 Å². The molecule has 0 aromatic heterocycles. The molecule has 0 radical (unpaired) electrons. The van der Waals surface area contributed by atoms with E-state index in [1.54, 1.807) is 24.3 Å². The molecule has 0 aliphatic rings. The number of benzene rings is 1. The molecule has 0 saturated carbocycles. The molecule has 0 spiro atoms. The molecule has 0 saturated heterocycles. The van der Waals surface area contributed by atoms with E-state index in [1.807, 2.05) is 6.92 Å². The maximum absolute atomic E-state index is 12.3. The molecule has 1 aromatic carbocycles. The lowest BCUT2D eigenvalue weighted by molar-refractivity contribution is -0.0912. The molecule has 2 N–H and O–H groups in total. The molecular formula is C11H12F3N. The van der Waals surface area contributed by atoms with Gasteiger partial charge in [0.2, 0.25) is 0 Å². The van der Waals surface area contributed by atoms with E-state index in [4.69, 9.17) is 5.73 Å². The second-order valence-corrected chi connectivity index (χ2v) is 3.28. The summed E-state index contributed by atoms with van der Waals surface area (Å²) in [5.74, 6) is 0. The molecule has 0 amide bonds. The van der Waals surface area contributed by atoms with Crippen molar-refractivity contribution in [2.75, 3.05) is 6.54 Å². The van der Waals surface area contributed by atoms with Crippen molar-refractivity contribution in [2.45, 2.75) is 13.1 Å². The number of halogens is 3. The second kappa shape index (κ2) is 4.49. The van der Waals surface area contributed by atoms with Crippen molar-refractivity contribution < 1.29 is 13.2 Å². The molecule has 0 heterocycles. The third-order valence-electron chi connectivity index (χ3n) is 2.00. The molecule has 0 unspecified atom stereocenters. The van der Waals surface area contributed by atoms with Gasteiger partial charge in [-0.1, -0.05) is 29.8 Å². The Balaban J connectivity index is 2.99. The van der Waals surface area contributed by atoms with Crippen LogP contribution in [0.3, 0.4) is 0 Å². The highest BCUT2D eigenvalue weighted by Gasteiger charge is 2.32. The lowest BCUT2D eigenvalue weighted by atomic mass is 10.1. The first-order valence-corrected chi connectivity index (χ1v) is 4.48. The van der Waals surface area contributed by atoms with Crippen molar-refractivity contribution >= 4 is 6.08 Å². The zero-order valence-electron chi connectivity index (χ0n) is 8.31. The van der Waals surface area contributed by atoms with E-state index in [1.165, 1.54) is 0 Å². The maximum atomic E-state index is 12.3. The normalized spacial score (nSPS) is 13.0. The summed E-state index contributed by atoms with van der Waals surface area (Å²) < 4.78 is 37.0. The minimum atomic E-state index is -4.35. The lowest BCUT2D eigenvalue weighted by Crippen LogP contribution is -2.19. The number of aryl methyl sites for hydroxylation is 1. The summed E-state index contributed by atoms with van der Waals surface area (Å²) in [6.45, 7) is 1.37. The Morgan fingerprint density at radius 1 is 1.27 bits per heavy atom. The number of nitrogens with two attached hydrogens (primary N) is 1. The Morgan fingerprint density at radius 2 is 1.80 bits per heavy atom. The summed E-state index contributed by atoms with van der Waals surface area (Å²) in [7, 11) is 0. The monoisotopic (exact) mass is 215 g/mol. The lowest BCUT2D eigenvalue weighted by Gasteiger charge is -2.09. The Morgan fingerprint density at radius 3 is 2.20 bits per heavy atom. The highest BCUT2D eigenvalue weighted by Crippen LogP contribution is 2.26. The zero-order chi connectivity index (χ0) is 11.5. The van der Waals surface area contributed by atoms with Gasteiger partial charge in [0.25, 0.3) is 0 Å². The number of rotatable bonds is 2. The molecule has 0 fully saturated rings. The quantitative estimate of drug-likeness (QED) is 0.806. The molecule has 0 aliphatic heterocycles. The Kier molecular flexibility index (Phi) is 3.52. The van der Waals surface area contributed by atoms with Gasteiger partial charge in [-0.2, -0.15) is 13.2 Å². The zero-order valence-corrected chi connectivity index (χ0v) is 8.31. The highest BCUT2D eigenvalue weighted by molar-refractivity contribution is 5.54. The first-order valence-electron chi connectivity index (χ1n) is 4.48. The molecule has 82 valence electrons. The average Bonchev–Trinajstić information content (AvgIpc) is 2.15. The van der Waals surface area contributed by atoms with Crippen molar-refractivity contribution in [3.63, 3.8) is 0 Å². The van der Waals surface area contributed by atoms with E-state index >= 15 is 0 Å². The van der Waals surface area contributed by atoms with Gasteiger partial charge in [-0.05, 0) is 18.6 Å². The SMILES string of the molecule is Cc1ccc(/C=C(\CN)C(F)(F)F)cc1. The molecule has 1 aromatic rings. The molecule has 0 aliphatic carbocycles. The largest absolute Gasteiger partial charge is 0.413 e. The van der Waals surface area contributed by atoms with Crippen LogP contribution < -0.4 is 5.73 Å². The van der Waals surface area contributed by atoms with Crippen molar-refractivity contribution in [1.29, 1.82) is 0 Å². The van der Waals surface area contributed by atoms with Gasteiger partial charge < -0.3 is 5.73 Å². The summed E-state index contributed by atoms with van der Waals surface area (Å²) in [5.41, 5.74) is 5.85. The van der Waals surface area contributed by atoms with E-state index in [-0.39, 0.29) is 0 Å². The van der Waals surface area contributed by atoms with Gasteiger partial charge in [0.05, 0.1) is 0 Å². The van der Waals surface area contributed by atoms with Gasteiger partial charge in [0, 0.05) is 12.1 Å². The van der Waals surface area contributed by atoms with Gasteiger partial charge >= 0.3 is 6.18 Å². The summed E-state index contributed by atoms with van der Waals surface area (Å²) in [4.78, 5) is 0. The predicted molar refractivity (Wildman–Crippen MR) is 54.3 cm³/mol. The number of alkyl halides is 3. The molecule has 1 nitrogen and oxygen atoms in total. The fraction of sp³-hybridized carbons (Fsp3) is 0.273. The number of hydrogen-bond acceptors (Lipinski definition) is 1. The fourth-order valence-corrected chi connectivity index (χ4v) is 1.12. The Hall–Kier alpha value is -1.29. The first-order chi connectivity index (χ1) is 6.93. The minimum absolute atomic E-state index is 0.503. The summed E-state index contributed by atoms with van der Waals surface area (Å²) >= 11 is 0. The topological polar surface area (TPSA) is 26.0 Å². The van der Waals surface area contributed by atoms with E-state index in [0.717, 1.165) is 11.6 Å². The van der Waals surface area contributed by atoms with Crippen LogP contribution in [-0.2, 0) is 0 Å². The van der Waals surface area contributed by atoms with Crippen molar-refractivity contribution in [2.24, 2.45) is 5.73 Å². The third kappa shape index (κ3) is 3.40. The predicted octanol–water partition coefficient (Wildman–Crippen LogP) is 2.90. The fourth-order valence-electron chi connectivity index (χ4n) is 1.12. The van der Waals surface area contributed by atoms with Crippen LogP contribution in [0.25, 0.3) is 6.08 Å². The molecule has 0 atom stereocenters. The van der Waals surface area contributed by atoms with Crippen molar-refractivity contribution in [3.8, 4) is 0 Å². The van der Waals surface area contributed by atoms with Gasteiger partial charge in [-0.3, -0.25) is 0 Å².